The number of hydrogen-bond acceptors (Lipinski definition) is 2. The number of nitrogen functional groups attached to an aromatic ring is 1. The fourth-order valence-corrected chi connectivity index (χ4v) is 2.13. The molecule has 0 spiro atoms. The Bertz CT molecular complexity index is 336. The zero-order chi connectivity index (χ0) is 9.97. The van der Waals surface area contributed by atoms with Gasteiger partial charge in [0.15, 0.2) is 0 Å². The number of hydrogen-bond donors (Lipinski definition) is 1. The third kappa shape index (κ3) is 1.79. The fourth-order valence-electron chi connectivity index (χ4n) is 2.13. The maximum absolute atomic E-state index is 11.1. The molecule has 2 rings (SSSR count). The van der Waals surface area contributed by atoms with Crippen LogP contribution in [-0.2, 0) is 4.79 Å². The Labute approximate surface area is 84.1 Å². The molecule has 74 valence electrons. The van der Waals surface area contributed by atoms with Crippen LogP contribution < -0.4 is 5.73 Å². The second-order valence-electron chi connectivity index (χ2n) is 3.94. The molecular formula is C12H15NO. The zero-order valence-electron chi connectivity index (χ0n) is 8.20. The molecule has 0 bridgehead atoms. The zero-order valence-corrected chi connectivity index (χ0v) is 8.20. The van der Waals surface area contributed by atoms with E-state index in [1.807, 2.05) is 18.2 Å². The first-order valence-corrected chi connectivity index (χ1v) is 5.13. The topological polar surface area (TPSA) is 43.1 Å². The van der Waals surface area contributed by atoms with E-state index >= 15 is 0 Å². The van der Waals surface area contributed by atoms with Crippen LogP contribution >= 0.6 is 0 Å². The third-order valence-corrected chi connectivity index (χ3v) is 2.98. The van der Waals surface area contributed by atoms with Crippen molar-refractivity contribution >= 4 is 11.5 Å². The van der Waals surface area contributed by atoms with E-state index in [0.29, 0.717) is 11.7 Å². The number of carbonyl (C=O) groups is 1. The van der Waals surface area contributed by atoms with E-state index < -0.39 is 0 Å². The van der Waals surface area contributed by atoms with Gasteiger partial charge in [-0.25, -0.2) is 0 Å². The highest BCUT2D eigenvalue weighted by Crippen LogP contribution is 2.33. The normalized spacial score (nSPS) is 18.4. The second-order valence-corrected chi connectivity index (χ2v) is 3.94. The van der Waals surface area contributed by atoms with Crippen molar-refractivity contribution in [3.8, 4) is 0 Å². The monoisotopic (exact) mass is 189 g/mol. The van der Waals surface area contributed by atoms with E-state index in [1.165, 1.54) is 5.56 Å². The van der Waals surface area contributed by atoms with Crippen LogP contribution in [0.3, 0.4) is 0 Å². The molecule has 0 heterocycles. The molecule has 1 fully saturated rings. The lowest BCUT2D eigenvalue weighted by Crippen LogP contribution is -2.13. The van der Waals surface area contributed by atoms with Gasteiger partial charge >= 0.3 is 0 Å². The average molecular weight is 189 g/mol. The molecule has 0 atom stereocenters. The summed E-state index contributed by atoms with van der Waals surface area (Å²) in [6.45, 7) is 0. The van der Waals surface area contributed by atoms with Crippen molar-refractivity contribution in [1.29, 1.82) is 0 Å². The summed E-state index contributed by atoms with van der Waals surface area (Å²) in [5.74, 6) is 0.893. The number of para-hydroxylation sites is 1. The summed E-state index contributed by atoms with van der Waals surface area (Å²) in [6.07, 6.45) is 3.37. The van der Waals surface area contributed by atoms with Gasteiger partial charge in [0.1, 0.15) is 5.78 Å². The molecule has 2 nitrogen and oxygen atoms in total. The van der Waals surface area contributed by atoms with E-state index in [0.717, 1.165) is 31.4 Å². The Hall–Kier alpha value is -1.31. The first-order valence-electron chi connectivity index (χ1n) is 5.13. The number of anilines is 1. The van der Waals surface area contributed by atoms with Crippen LogP contribution in [0.2, 0.25) is 0 Å². The predicted molar refractivity (Wildman–Crippen MR) is 57.1 cm³/mol. The Morgan fingerprint density at radius 2 is 1.79 bits per heavy atom. The molecule has 1 saturated carbocycles. The molecule has 1 aliphatic carbocycles. The Morgan fingerprint density at radius 1 is 1.14 bits per heavy atom. The van der Waals surface area contributed by atoms with Gasteiger partial charge in [-0.1, -0.05) is 18.2 Å². The van der Waals surface area contributed by atoms with E-state index in [4.69, 9.17) is 5.73 Å². The maximum Gasteiger partial charge on any atom is 0.132 e. The molecule has 2 N–H and O–H groups in total. The molecule has 0 saturated heterocycles. The maximum atomic E-state index is 11.1. The summed E-state index contributed by atoms with van der Waals surface area (Å²) < 4.78 is 0. The van der Waals surface area contributed by atoms with Gasteiger partial charge in [0, 0.05) is 18.5 Å². The van der Waals surface area contributed by atoms with Crippen molar-refractivity contribution in [3.63, 3.8) is 0 Å². The van der Waals surface area contributed by atoms with E-state index in [-0.39, 0.29) is 0 Å². The standard InChI is InChI=1S/C12H15NO/c13-12-4-2-1-3-11(12)9-5-7-10(14)8-6-9/h1-4,9H,5-8,13H2. The molecular weight excluding hydrogens is 174 g/mol. The summed E-state index contributed by atoms with van der Waals surface area (Å²) in [7, 11) is 0. The second kappa shape index (κ2) is 3.82. The number of rotatable bonds is 1. The Kier molecular flexibility index (Phi) is 2.53. The molecule has 0 unspecified atom stereocenters. The van der Waals surface area contributed by atoms with Crippen molar-refractivity contribution in [2.75, 3.05) is 5.73 Å². The van der Waals surface area contributed by atoms with Crippen LogP contribution in [0.4, 0.5) is 5.69 Å². The summed E-state index contributed by atoms with van der Waals surface area (Å²) in [5.41, 5.74) is 7.99. The van der Waals surface area contributed by atoms with E-state index in [9.17, 15) is 4.79 Å². The minimum absolute atomic E-state index is 0.399. The van der Waals surface area contributed by atoms with E-state index in [2.05, 4.69) is 6.07 Å². The van der Waals surface area contributed by atoms with Crippen LogP contribution in [0.25, 0.3) is 0 Å². The first kappa shape index (κ1) is 9.25. The fraction of sp³-hybridized carbons (Fsp3) is 0.417. The number of ketones is 1. The predicted octanol–water partition coefficient (Wildman–Crippen LogP) is 2.50. The number of carbonyl (C=O) groups excluding carboxylic acids is 1. The molecule has 1 aromatic rings. The number of Topliss-reactive ketones (excluding diaryl/α,β-unsaturated/α-hetero) is 1. The number of benzene rings is 1. The van der Waals surface area contributed by atoms with Crippen molar-refractivity contribution in [3.05, 3.63) is 29.8 Å². The van der Waals surface area contributed by atoms with Gasteiger partial charge in [0.05, 0.1) is 0 Å². The quantitative estimate of drug-likeness (QED) is 0.690. The van der Waals surface area contributed by atoms with Gasteiger partial charge in [0.2, 0.25) is 0 Å². The minimum atomic E-state index is 0.399. The van der Waals surface area contributed by atoms with Crippen molar-refractivity contribution in [2.24, 2.45) is 0 Å². The van der Waals surface area contributed by atoms with Crippen LogP contribution in [0.1, 0.15) is 37.2 Å². The van der Waals surface area contributed by atoms with Crippen LogP contribution in [0.5, 0.6) is 0 Å². The molecule has 0 aromatic heterocycles. The van der Waals surface area contributed by atoms with Gasteiger partial charge in [-0.15, -0.1) is 0 Å². The van der Waals surface area contributed by atoms with Gasteiger partial charge in [-0.3, -0.25) is 4.79 Å². The summed E-state index contributed by atoms with van der Waals surface area (Å²) in [6, 6.07) is 7.98. The SMILES string of the molecule is Nc1ccccc1C1CCC(=O)CC1. The molecule has 1 aliphatic rings. The molecule has 14 heavy (non-hydrogen) atoms. The van der Waals surface area contributed by atoms with Crippen molar-refractivity contribution < 1.29 is 4.79 Å². The number of nitrogens with two attached hydrogens (primary N) is 1. The Morgan fingerprint density at radius 3 is 2.43 bits per heavy atom. The summed E-state index contributed by atoms with van der Waals surface area (Å²) in [4.78, 5) is 11.1. The lowest BCUT2D eigenvalue weighted by atomic mass is 9.83. The largest absolute Gasteiger partial charge is 0.398 e. The Balaban J connectivity index is 2.16. The third-order valence-electron chi connectivity index (χ3n) is 2.98. The molecule has 1 aromatic carbocycles. The summed E-state index contributed by atoms with van der Waals surface area (Å²) in [5, 5.41) is 0. The highest BCUT2D eigenvalue weighted by molar-refractivity contribution is 5.79. The first-order chi connectivity index (χ1) is 6.77. The van der Waals surface area contributed by atoms with Gasteiger partial charge in [0.25, 0.3) is 0 Å². The van der Waals surface area contributed by atoms with Crippen molar-refractivity contribution in [1.82, 2.24) is 0 Å². The van der Waals surface area contributed by atoms with Crippen LogP contribution in [0.15, 0.2) is 24.3 Å². The van der Waals surface area contributed by atoms with Gasteiger partial charge < -0.3 is 5.73 Å². The smallest absolute Gasteiger partial charge is 0.132 e. The van der Waals surface area contributed by atoms with E-state index in [1.54, 1.807) is 0 Å². The van der Waals surface area contributed by atoms with Crippen molar-refractivity contribution in [2.45, 2.75) is 31.6 Å². The van der Waals surface area contributed by atoms with Gasteiger partial charge in [-0.05, 0) is 30.4 Å². The van der Waals surface area contributed by atoms with Crippen LogP contribution in [-0.4, -0.2) is 5.78 Å². The molecule has 0 amide bonds. The molecule has 0 radical (unpaired) electrons. The highest BCUT2D eigenvalue weighted by Gasteiger charge is 2.21. The lowest BCUT2D eigenvalue weighted by molar-refractivity contribution is -0.120. The lowest BCUT2D eigenvalue weighted by Gasteiger charge is -2.22. The average Bonchev–Trinajstić information content (AvgIpc) is 2.20. The minimum Gasteiger partial charge on any atom is -0.398 e. The van der Waals surface area contributed by atoms with Gasteiger partial charge in [-0.2, -0.15) is 0 Å². The summed E-state index contributed by atoms with van der Waals surface area (Å²) >= 11 is 0. The molecule has 0 aliphatic heterocycles. The molecule has 2 heteroatoms. The highest BCUT2D eigenvalue weighted by atomic mass is 16.1. The van der Waals surface area contributed by atoms with Crippen LogP contribution in [0, 0.1) is 0 Å².